The van der Waals surface area contributed by atoms with Crippen molar-refractivity contribution >= 4 is 50.8 Å². The Morgan fingerprint density at radius 3 is 2.43 bits per heavy atom. The Bertz CT molecular complexity index is 1170. The van der Waals surface area contributed by atoms with Crippen molar-refractivity contribution < 1.29 is 17.8 Å². The first-order chi connectivity index (χ1) is 16.4. The first kappa shape index (κ1) is 30.8. The second-order valence-corrected chi connectivity index (χ2v) is 10.3. The Hall–Kier alpha value is -2.20. The Kier molecular flexibility index (Phi) is 12.1. The lowest BCUT2D eigenvalue weighted by atomic mass is 10.1. The van der Waals surface area contributed by atoms with Gasteiger partial charge in [0.25, 0.3) is 5.92 Å². The number of carbonyl (C=O) groups is 1. The normalized spacial score (nSPS) is 14.8. The van der Waals surface area contributed by atoms with Crippen molar-refractivity contribution in [2.45, 2.75) is 50.9 Å². The van der Waals surface area contributed by atoms with E-state index in [1.807, 2.05) is 26.0 Å². The summed E-state index contributed by atoms with van der Waals surface area (Å²) in [5, 5.41) is 7.88. The SMILES string of the molecule is C=S(=O)(NC)c1cc(NC)cc(Cl)c1-n1cc(C(C)(F)F)cn1.CC.O=CCC1=C(Cl)CCC=C1. The molecular weight excluding hydrogens is 517 g/mol. The van der Waals surface area contributed by atoms with Gasteiger partial charge in [0.1, 0.15) is 12.0 Å². The fourth-order valence-electron chi connectivity index (χ4n) is 2.93. The van der Waals surface area contributed by atoms with Gasteiger partial charge in [-0.3, -0.25) is 0 Å². The maximum atomic E-state index is 13.4. The van der Waals surface area contributed by atoms with Crippen molar-refractivity contribution in [2.75, 3.05) is 19.4 Å². The lowest BCUT2D eigenvalue weighted by Crippen LogP contribution is -2.21. The third-order valence-corrected chi connectivity index (χ3v) is 7.22. The first-order valence-electron chi connectivity index (χ1n) is 10.9. The monoisotopic (exact) mass is 548 g/mol. The van der Waals surface area contributed by atoms with E-state index in [2.05, 4.69) is 21.0 Å². The molecule has 0 fully saturated rings. The highest BCUT2D eigenvalue weighted by atomic mass is 35.5. The molecule has 2 N–H and O–H groups in total. The summed E-state index contributed by atoms with van der Waals surface area (Å²) in [4.78, 5) is 10.4. The molecule has 0 saturated carbocycles. The number of nitrogens with zero attached hydrogens (tertiary/aromatic N) is 2. The van der Waals surface area contributed by atoms with Gasteiger partial charge in [-0.2, -0.15) is 5.10 Å². The molecule has 1 atom stereocenters. The minimum atomic E-state index is -3.04. The molecule has 0 bridgehead atoms. The van der Waals surface area contributed by atoms with Crippen molar-refractivity contribution in [3.8, 4) is 5.69 Å². The third-order valence-electron chi connectivity index (χ3n) is 4.82. The fourth-order valence-corrected chi connectivity index (χ4v) is 4.59. The number of benzene rings is 1. The minimum absolute atomic E-state index is 0.215. The van der Waals surface area contributed by atoms with E-state index < -0.39 is 15.6 Å². The summed E-state index contributed by atoms with van der Waals surface area (Å²) < 4.78 is 43.3. The second-order valence-electron chi connectivity index (χ2n) is 7.24. The van der Waals surface area contributed by atoms with Gasteiger partial charge in [0.15, 0.2) is 0 Å². The predicted octanol–water partition coefficient (Wildman–Crippen LogP) is 6.33. The van der Waals surface area contributed by atoms with Crippen LogP contribution in [0.2, 0.25) is 5.02 Å². The van der Waals surface area contributed by atoms with E-state index in [0.29, 0.717) is 12.1 Å². The number of hydrogen-bond donors (Lipinski definition) is 2. The van der Waals surface area contributed by atoms with Crippen LogP contribution in [0.1, 0.15) is 45.6 Å². The molecule has 1 aromatic carbocycles. The van der Waals surface area contributed by atoms with E-state index in [1.165, 1.54) is 11.7 Å². The Labute approximate surface area is 216 Å². The van der Waals surface area contributed by atoms with Crippen LogP contribution >= 0.6 is 23.2 Å². The average molecular weight is 550 g/mol. The van der Waals surface area contributed by atoms with Gasteiger partial charge in [-0.1, -0.05) is 49.2 Å². The van der Waals surface area contributed by atoms with E-state index in [1.54, 1.807) is 19.2 Å². The number of alkyl halides is 2. The molecule has 0 spiro atoms. The van der Waals surface area contributed by atoms with Crippen LogP contribution in [0.3, 0.4) is 0 Å². The van der Waals surface area contributed by atoms with Crippen LogP contribution < -0.4 is 10.0 Å². The minimum Gasteiger partial charge on any atom is -0.388 e. The highest BCUT2D eigenvalue weighted by Crippen LogP contribution is 2.33. The highest BCUT2D eigenvalue weighted by Gasteiger charge is 2.27. The predicted molar refractivity (Wildman–Crippen MR) is 144 cm³/mol. The molecule has 3 rings (SSSR count). The van der Waals surface area contributed by atoms with Crippen LogP contribution in [-0.2, 0) is 20.4 Å². The maximum Gasteiger partial charge on any atom is 0.273 e. The number of aldehydes is 1. The van der Waals surface area contributed by atoms with Crippen molar-refractivity contribution in [3.63, 3.8) is 0 Å². The summed E-state index contributed by atoms with van der Waals surface area (Å²) in [7, 11) is 0.296. The molecule has 0 radical (unpaired) electrons. The van der Waals surface area contributed by atoms with Crippen LogP contribution in [0.5, 0.6) is 0 Å². The molecule has 1 heterocycles. The maximum absolute atomic E-state index is 13.4. The van der Waals surface area contributed by atoms with E-state index >= 15 is 0 Å². The van der Waals surface area contributed by atoms with Gasteiger partial charge in [-0.25, -0.2) is 22.4 Å². The molecule has 0 aliphatic heterocycles. The lowest BCUT2D eigenvalue weighted by molar-refractivity contribution is -0.107. The first-order valence-corrected chi connectivity index (χ1v) is 13.4. The fraction of sp³-hybridized carbons (Fsp3) is 0.375. The van der Waals surface area contributed by atoms with Gasteiger partial charge in [0, 0.05) is 37.3 Å². The molecule has 1 unspecified atom stereocenters. The number of carbonyl (C=O) groups excluding carboxylic acids is 1. The highest BCUT2D eigenvalue weighted by molar-refractivity contribution is 7.98. The summed E-state index contributed by atoms with van der Waals surface area (Å²) in [6.45, 7) is 4.78. The van der Waals surface area contributed by atoms with E-state index in [9.17, 15) is 17.8 Å². The van der Waals surface area contributed by atoms with Crippen molar-refractivity contribution in [3.05, 3.63) is 57.9 Å². The van der Waals surface area contributed by atoms with Gasteiger partial charge in [-0.15, -0.1) is 0 Å². The molecule has 194 valence electrons. The number of allylic oxidation sites excluding steroid dienone is 4. The van der Waals surface area contributed by atoms with Gasteiger partial charge in [0.05, 0.1) is 31.4 Å². The van der Waals surface area contributed by atoms with Crippen LogP contribution in [0.25, 0.3) is 5.69 Å². The smallest absolute Gasteiger partial charge is 0.273 e. The molecule has 0 amide bonds. The van der Waals surface area contributed by atoms with Crippen LogP contribution in [-0.4, -0.2) is 40.2 Å². The van der Waals surface area contributed by atoms with E-state index in [0.717, 1.165) is 49.1 Å². The van der Waals surface area contributed by atoms with Crippen molar-refractivity contribution in [1.82, 2.24) is 14.5 Å². The number of nitrogens with one attached hydrogen (secondary N) is 2. The van der Waals surface area contributed by atoms with Gasteiger partial charge in [-0.05, 0) is 43.5 Å². The number of rotatable bonds is 7. The molecular formula is C24H32Cl2F2N4O2S. The Morgan fingerprint density at radius 2 is 1.94 bits per heavy atom. The number of halogens is 4. The van der Waals surface area contributed by atoms with Crippen molar-refractivity contribution in [2.24, 2.45) is 0 Å². The number of hydrogen-bond acceptors (Lipinski definition) is 4. The zero-order valence-electron chi connectivity index (χ0n) is 20.5. The summed E-state index contributed by atoms with van der Waals surface area (Å²) in [5.41, 5.74) is 1.57. The Balaban J connectivity index is 0.000000425. The lowest BCUT2D eigenvalue weighted by Gasteiger charge is -2.17. The molecule has 2 aromatic rings. The summed E-state index contributed by atoms with van der Waals surface area (Å²) >= 11 is 12.1. The molecule has 1 aromatic heterocycles. The molecule has 1 aliphatic carbocycles. The van der Waals surface area contributed by atoms with Gasteiger partial charge < -0.3 is 10.1 Å². The summed E-state index contributed by atoms with van der Waals surface area (Å²) in [5.74, 6) is 0.621. The zero-order valence-corrected chi connectivity index (χ0v) is 22.8. The molecule has 0 saturated heterocycles. The topological polar surface area (TPSA) is 76.0 Å². The number of anilines is 1. The zero-order chi connectivity index (χ0) is 26.8. The standard InChI is InChI=1S/C14H17ClF2N4OS.C8H9ClO.C2H6/c1-14(16,17)9-7-20-21(8-9)13-11(15)5-10(18-2)6-12(13)23(4,22)19-3;9-8-4-2-1-3-7(8)5-6-10;1-2/h5-8,18H,4H2,1-3H3,(H,19,22);1,3,6H,2,4-5H2;1-2H3. The average Bonchev–Trinajstić information content (AvgIpc) is 3.32. The van der Waals surface area contributed by atoms with Crippen molar-refractivity contribution in [1.29, 1.82) is 0 Å². The quantitative estimate of drug-likeness (QED) is 0.313. The number of aromatic nitrogens is 2. The molecule has 11 heteroatoms. The summed E-state index contributed by atoms with van der Waals surface area (Å²) in [6.07, 6.45) is 9.42. The summed E-state index contributed by atoms with van der Waals surface area (Å²) in [6, 6.07) is 3.19. The van der Waals surface area contributed by atoms with Crippen LogP contribution in [0.4, 0.5) is 14.5 Å². The van der Waals surface area contributed by atoms with Gasteiger partial charge >= 0.3 is 0 Å². The Morgan fingerprint density at radius 1 is 1.29 bits per heavy atom. The molecule has 1 aliphatic rings. The largest absolute Gasteiger partial charge is 0.388 e. The molecule has 35 heavy (non-hydrogen) atoms. The van der Waals surface area contributed by atoms with Crippen LogP contribution in [0, 0.1) is 0 Å². The van der Waals surface area contributed by atoms with Gasteiger partial charge in [0.2, 0.25) is 0 Å². The third kappa shape index (κ3) is 8.45. The second kappa shape index (κ2) is 13.8. The van der Waals surface area contributed by atoms with E-state index in [-0.39, 0.29) is 21.2 Å². The van der Waals surface area contributed by atoms with E-state index in [4.69, 9.17) is 23.2 Å². The van der Waals surface area contributed by atoms with Crippen LogP contribution in [0.15, 0.2) is 52.2 Å². The molecule has 6 nitrogen and oxygen atoms in total.